The smallest absolute Gasteiger partial charge is 0.362 e. The van der Waals surface area contributed by atoms with Gasteiger partial charge in [-0.25, -0.2) is 4.79 Å². The quantitative estimate of drug-likeness (QED) is 0.0347. The van der Waals surface area contributed by atoms with Crippen LogP contribution in [0.4, 0.5) is 0 Å². The molecule has 2 atom stereocenters. The molecular weight excluding hydrogens is 542 g/mol. The van der Waals surface area contributed by atoms with Gasteiger partial charge in [-0.2, -0.15) is 0 Å². The normalized spacial score (nSPS) is 13.0. The van der Waals surface area contributed by atoms with Crippen LogP contribution < -0.4 is 0 Å². The van der Waals surface area contributed by atoms with Crippen molar-refractivity contribution in [1.82, 2.24) is 0 Å². The van der Waals surface area contributed by atoms with E-state index in [0.29, 0.717) is 36.7 Å². The number of likely N-dealkylation sites (N-methyl/N-ethyl adjacent to an activating group) is 1. The van der Waals surface area contributed by atoms with Crippen LogP contribution in [0.1, 0.15) is 117 Å². The van der Waals surface area contributed by atoms with Gasteiger partial charge in [-0.05, 0) is 44.9 Å². The number of esters is 4. The minimum atomic E-state index is -0.765. The van der Waals surface area contributed by atoms with Crippen molar-refractivity contribution >= 4 is 23.9 Å². The lowest BCUT2D eigenvalue weighted by Gasteiger charge is -2.30. The maximum Gasteiger partial charge on any atom is 0.362 e. The predicted octanol–water partition coefficient (Wildman–Crippen LogP) is 5.39. The zero-order valence-corrected chi connectivity index (χ0v) is 26.9. The maximum atomic E-state index is 12.6. The van der Waals surface area contributed by atoms with E-state index in [2.05, 4.69) is 13.0 Å². The fraction of sp³-hybridized carbons (Fsp3) is 0.812. The Morgan fingerprint density at radius 3 is 2.02 bits per heavy atom. The first kappa shape index (κ1) is 39.5. The van der Waals surface area contributed by atoms with E-state index in [1.54, 1.807) is 0 Å². The molecule has 0 fully saturated rings. The number of allylic oxidation sites excluding steroid dienone is 1. The van der Waals surface area contributed by atoms with Crippen LogP contribution in [0.2, 0.25) is 0 Å². The summed E-state index contributed by atoms with van der Waals surface area (Å²) in [5.41, 5.74) is 0. The van der Waals surface area contributed by atoms with Crippen molar-refractivity contribution in [3.63, 3.8) is 0 Å². The molecule has 2 unspecified atom stereocenters. The third kappa shape index (κ3) is 24.2. The topological polar surface area (TPSA) is 125 Å². The Hall–Kier alpha value is -2.46. The summed E-state index contributed by atoms with van der Waals surface area (Å²) < 4.78 is 20.8. The molecule has 0 rings (SSSR count). The van der Waals surface area contributed by atoms with E-state index >= 15 is 0 Å². The van der Waals surface area contributed by atoms with E-state index < -0.39 is 12.2 Å². The number of rotatable bonds is 26. The van der Waals surface area contributed by atoms with Crippen molar-refractivity contribution in [2.24, 2.45) is 0 Å². The summed E-state index contributed by atoms with van der Waals surface area (Å²) in [5, 5.41) is 10.8. The van der Waals surface area contributed by atoms with E-state index in [4.69, 9.17) is 18.9 Å². The molecule has 0 aliphatic rings. The molecule has 0 radical (unpaired) electrons. The van der Waals surface area contributed by atoms with Crippen LogP contribution in [-0.2, 0) is 38.1 Å². The lowest BCUT2D eigenvalue weighted by Crippen LogP contribution is -2.47. The van der Waals surface area contributed by atoms with Gasteiger partial charge in [0.2, 0.25) is 6.79 Å². The molecule has 244 valence electrons. The second-order valence-corrected chi connectivity index (χ2v) is 11.5. The largest absolute Gasteiger partial charge is 0.460 e. The summed E-state index contributed by atoms with van der Waals surface area (Å²) in [6.07, 6.45) is 14.6. The van der Waals surface area contributed by atoms with Gasteiger partial charge in [-0.1, -0.05) is 64.5 Å². The summed E-state index contributed by atoms with van der Waals surface area (Å²) in [7, 11) is 3.75. The van der Waals surface area contributed by atoms with Gasteiger partial charge in [0.05, 0.1) is 20.2 Å². The van der Waals surface area contributed by atoms with Crippen molar-refractivity contribution in [2.75, 3.05) is 40.6 Å². The zero-order chi connectivity index (χ0) is 31.6. The Balaban J connectivity index is 4.21. The molecule has 1 N–H and O–H groups in total. The second-order valence-electron chi connectivity index (χ2n) is 11.5. The van der Waals surface area contributed by atoms with Crippen LogP contribution in [0.3, 0.4) is 0 Å². The summed E-state index contributed by atoms with van der Waals surface area (Å²) in [4.78, 5) is 46.7. The minimum absolute atomic E-state index is 0.129. The summed E-state index contributed by atoms with van der Waals surface area (Å²) in [5.74, 6) is -1.40. The Labute approximate surface area is 253 Å². The van der Waals surface area contributed by atoms with Crippen LogP contribution in [0, 0.1) is 0 Å². The van der Waals surface area contributed by atoms with Gasteiger partial charge < -0.3 is 28.5 Å². The highest BCUT2D eigenvalue weighted by Gasteiger charge is 2.27. The molecule has 42 heavy (non-hydrogen) atoms. The molecule has 0 aromatic carbocycles. The molecule has 0 saturated carbocycles. The van der Waals surface area contributed by atoms with Crippen molar-refractivity contribution < 1.29 is 47.7 Å². The lowest BCUT2D eigenvalue weighted by atomic mass is 10.0. The number of carbonyl (C=O) groups excluding carboxylic acids is 4. The van der Waals surface area contributed by atoms with Crippen LogP contribution in [0.15, 0.2) is 12.2 Å². The average Bonchev–Trinajstić information content (AvgIpc) is 2.91. The number of quaternary nitrogens is 1. The van der Waals surface area contributed by atoms with Crippen molar-refractivity contribution in [3.05, 3.63) is 12.2 Å². The van der Waals surface area contributed by atoms with Gasteiger partial charge in [0, 0.05) is 19.8 Å². The SMILES string of the molecule is CCCCCC(OC(=O)C[N+](C)(C)CCOC(C)=O)C(O)C/C=C\CCCCCCCC(=O)OCOC(=O)CCCC. The molecule has 0 spiro atoms. The molecule has 10 nitrogen and oxygen atoms in total. The first-order chi connectivity index (χ1) is 20.0. The molecule has 0 aromatic rings. The van der Waals surface area contributed by atoms with Gasteiger partial charge in [-0.3, -0.25) is 14.4 Å². The fourth-order valence-corrected chi connectivity index (χ4v) is 4.19. The van der Waals surface area contributed by atoms with Gasteiger partial charge >= 0.3 is 23.9 Å². The molecule has 0 bridgehead atoms. The van der Waals surface area contributed by atoms with Crippen molar-refractivity contribution in [3.8, 4) is 0 Å². The van der Waals surface area contributed by atoms with Gasteiger partial charge in [0.25, 0.3) is 0 Å². The molecule has 0 aliphatic carbocycles. The summed E-state index contributed by atoms with van der Waals surface area (Å²) >= 11 is 0. The lowest BCUT2D eigenvalue weighted by molar-refractivity contribution is -0.883. The van der Waals surface area contributed by atoms with E-state index in [-0.39, 0.29) is 43.8 Å². The molecule has 0 aliphatic heterocycles. The van der Waals surface area contributed by atoms with Crippen molar-refractivity contribution in [1.29, 1.82) is 0 Å². The zero-order valence-electron chi connectivity index (χ0n) is 26.9. The molecule has 10 heteroatoms. The summed E-state index contributed by atoms with van der Waals surface area (Å²) in [6, 6.07) is 0. The summed E-state index contributed by atoms with van der Waals surface area (Å²) in [6.45, 7) is 6.00. The Bertz CT molecular complexity index is 782. The number of aliphatic hydroxyl groups excluding tert-OH is 1. The minimum Gasteiger partial charge on any atom is -0.460 e. The van der Waals surface area contributed by atoms with E-state index in [1.165, 1.54) is 6.92 Å². The maximum absolute atomic E-state index is 12.6. The average molecular weight is 601 g/mol. The number of hydrogen-bond donors (Lipinski definition) is 1. The Morgan fingerprint density at radius 1 is 0.762 bits per heavy atom. The van der Waals surface area contributed by atoms with Gasteiger partial charge in [0.15, 0.2) is 6.54 Å². The highest BCUT2D eigenvalue weighted by atomic mass is 16.7. The second kappa shape index (κ2) is 25.1. The van der Waals surface area contributed by atoms with Crippen molar-refractivity contribution in [2.45, 2.75) is 129 Å². The van der Waals surface area contributed by atoms with Crippen LogP contribution in [0.25, 0.3) is 0 Å². The highest BCUT2D eigenvalue weighted by Crippen LogP contribution is 2.16. The van der Waals surface area contributed by atoms with Crippen LogP contribution >= 0.6 is 0 Å². The third-order valence-corrected chi connectivity index (χ3v) is 6.83. The van der Waals surface area contributed by atoms with E-state index in [9.17, 15) is 24.3 Å². The van der Waals surface area contributed by atoms with Gasteiger partial charge in [0.1, 0.15) is 19.3 Å². The molecule has 0 heterocycles. The predicted molar refractivity (Wildman–Crippen MR) is 161 cm³/mol. The first-order valence-corrected chi connectivity index (χ1v) is 15.8. The molecule has 0 saturated heterocycles. The van der Waals surface area contributed by atoms with E-state index in [0.717, 1.165) is 70.6 Å². The van der Waals surface area contributed by atoms with Crippen LogP contribution in [-0.4, -0.2) is 86.3 Å². The fourth-order valence-electron chi connectivity index (χ4n) is 4.19. The Morgan fingerprint density at radius 2 is 1.38 bits per heavy atom. The van der Waals surface area contributed by atoms with E-state index in [1.807, 2.05) is 27.1 Å². The number of hydrogen-bond acceptors (Lipinski definition) is 9. The van der Waals surface area contributed by atoms with Gasteiger partial charge in [-0.15, -0.1) is 0 Å². The number of unbranched alkanes of at least 4 members (excludes halogenated alkanes) is 8. The molecular formula is C32H58NO9+. The standard InChI is InChI=1S/C32H58NO9/c1-6-8-16-20-29(42-32(38)25-33(4,5)23-24-39-27(3)34)28(35)19-17-14-12-10-11-13-15-18-22-31(37)41-26-40-30(36)21-9-7-2/h14,17,28-29,35H,6-13,15-16,18-26H2,1-5H3/q+1/b17-14-. The third-order valence-electron chi connectivity index (χ3n) is 6.83. The number of nitrogens with zero attached hydrogens (tertiary/aromatic N) is 1. The number of carbonyl (C=O) groups is 4. The number of ether oxygens (including phenoxy) is 4. The number of aliphatic hydroxyl groups is 1. The highest BCUT2D eigenvalue weighted by molar-refractivity contribution is 5.71. The Kier molecular flexibility index (Phi) is 23.6. The molecule has 0 amide bonds. The van der Waals surface area contributed by atoms with Crippen LogP contribution in [0.5, 0.6) is 0 Å². The first-order valence-electron chi connectivity index (χ1n) is 15.8. The monoisotopic (exact) mass is 600 g/mol. The molecule has 0 aromatic heterocycles.